The Labute approximate surface area is 387 Å². The first-order valence-corrected chi connectivity index (χ1v) is 25.7. The van der Waals surface area contributed by atoms with Gasteiger partial charge in [-0.15, -0.1) is 0 Å². The van der Waals surface area contributed by atoms with Crippen molar-refractivity contribution >= 4 is 17.9 Å². The summed E-state index contributed by atoms with van der Waals surface area (Å²) in [5.74, 6) is -1.03. The van der Waals surface area contributed by atoms with E-state index in [2.05, 4.69) is 118 Å². The van der Waals surface area contributed by atoms with Crippen molar-refractivity contribution in [1.82, 2.24) is 0 Å². The number of hydrogen-bond acceptors (Lipinski definition) is 6. The van der Waals surface area contributed by atoms with Crippen LogP contribution >= 0.6 is 0 Å². The SMILES string of the molecule is CC/C=C\C/C=C\C/C=C\C/C=C\C/C=C\CCCC(=O)OCC(COC(=O)CCC/C=C\C/C=C\C/C=C\CC)OC(=O)CCCCCCCCCCCCCCCCCCC. The second-order valence-electron chi connectivity index (χ2n) is 16.7. The van der Waals surface area contributed by atoms with Crippen molar-refractivity contribution in [3.63, 3.8) is 0 Å². The van der Waals surface area contributed by atoms with Gasteiger partial charge in [0, 0.05) is 19.3 Å². The van der Waals surface area contributed by atoms with Crippen molar-refractivity contribution in [1.29, 1.82) is 0 Å². The van der Waals surface area contributed by atoms with Crippen LogP contribution in [0.4, 0.5) is 0 Å². The zero-order valence-electron chi connectivity index (χ0n) is 40.8. The Morgan fingerprint density at radius 3 is 0.952 bits per heavy atom. The smallest absolute Gasteiger partial charge is 0.306 e. The van der Waals surface area contributed by atoms with Crippen LogP contribution in [0.3, 0.4) is 0 Å². The number of carbonyl (C=O) groups excluding carboxylic acids is 3. The van der Waals surface area contributed by atoms with Gasteiger partial charge in [-0.1, -0.05) is 221 Å². The van der Waals surface area contributed by atoms with E-state index in [4.69, 9.17) is 14.2 Å². The van der Waals surface area contributed by atoms with Gasteiger partial charge in [-0.25, -0.2) is 0 Å². The highest BCUT2D eigenvalue weighted by atomic mass is 16.6. The van der Waals surface area contributed by atoms with E-state index in [9.17, 15) is 14.4 Å². The van der Waals surface area contributed by atoms with Crippen LogP contribution in [-0.4, -0.2) is 37.2 Å². The van der Waals surface area contributed by atoms with Crippen molar-refractivity contribution in [3.05, 3.63) is 97.2 Å². The minimum atomic E-state index is -0.819. The maximum absolute atomic E-state index is 12.8. The molecule has 1 atom stereocenters. The van der Waals surface area contributed by atoms with Crippen LogP contribution in [0, 0.1) is 0 Å². The van der Waals surface area contributed by atoms with E-state index in [1.807, 2.05) is 0 Å². The molecule has 1 unspecified atom stereocenters. The first-order chi connectivity index (χ1) is 31.0. The summed E-state index contributed by atoms with van der Waals surface area (Å²) in [6.45, 7) is 6.31. The van der Waals surface area contributed by atoms with E-state index in [-0.39, 0.29) is 44.0 Å². The summed E-state index contributed by atoms with van der Waals surface area (Å²) in [6.07, 6.45) is 67.0. The van der Waals surface area contributed by atoms with Crippen LogP contribution in [0.25, 0.3) is 0 Å². The van der Waals surface area contributed by atoms with Gasteiger partial charge in [0.25, 0.3) is 0 Å². The quantitative estimate of drug-likeness (QED) is 0.0262. The molecule has 0 aliphatic rings. The molecule has 0 bridgehead atoms. The molecule has 0 saturated carbocycles. The third kappa shape index (κ3) is 49.2. The summed E-state index contributed by atoms with van der Waals surface area (Å²) in [4.78, 5) is 37.9. The van der Waals surface area contributed by atoms with Crippen LogP contribution in [0.2, 0.25) is 0 Å². The summed E-state index contributed by atoms with van der Waals surface area (Å²) >= 11 is 0. The Balaban J connectivity index is 4.49. The van der Waals surface area contributed by atoms with Crippen molar-refractivity contribution in [3.8, 4) is 0 Å². The molecule has 6 heteroatoms. The van der Waals surface area contributed by atoms with Crippen molar-refractivity contribution in [2.45, 2.75) is 232 Å². The summed E-state index contributed by atoms with van der Waals surface area (Å²) in [5.41, 5.74) is 0. The highest BCUT2D eigenvalue weighted by molar-refractivity contribution is 5.71. The summed E-state index contributed by atoms with van der Waals surface area (Å²) in [7, 11) is 0. The minimum Gasteiger partial charge on any atom is -0.462 e. The normalized spacial score (nSPS) is 12.9. The number of unbranched alkanes of at least 4 members (excludes halogenated alkanes) is 18. The summed E-state index contributed by atoms with van der Waals surface area (Å²) in [6, 6.07) is 0. The number of hydrogen-bond donors (Lipinski definition) is 0. The topological polar surface area (TPSA) is 78.9 Å². The first-order valence-electron chi connectivity index (χ1n) is 25.7. The number of esters is 3. The van der Waals surface area contributed by atoms with E-state index in [1.54, 1.807) is 0 Å². The fraction of sp³-hybridized carbons (Fsp3) is 0.667. The molecule has 0 aromatic heterocycles. The van der Waals surface area contributed by atoms with Gasteiger partial charge < -0.3 is 14.2 Å². The molecule has 0 aromatic carbocycles. The fourth-order valence-electron chi connectivity index (χ4n) is 6.79. The second kappa shape index (κ2) is 51.0. The highest BCUT2D eigenvalue weighted by Crippen LogP contribution is 2.15. The average molecular weight is 875 g/mol. The lowest BCUT2D eigenvalue weighted by Crippen LogP contribution is -2.30. The van der Waals surface area contributed by atoms with Crippen LogP contribution in [-0.2, 0) is 28.6 Å². The van der Waals surface area contributed by atoms with Gasteiger partial charge in [0.1, 0.15) is 13.2 Å². The van der Waals surface area contributed by atoms with E-state index in [0.29, 0.717) is 19.3 Å². The molecule has 0 spiro atoms. The third-order valence-corrected chi connectivity index (χ3v) is 10.6. The van der Waals surface area contributed by atoms with Crippen LogP contribution in [0.5, 0.6) is 0 Å². The van der Waals surface area contributed by atoms with Crippen LogP contribution in [0.15, 0.2) is 97.2 Å². The highest BCUT2D eigenvalue weighted by Gasteiger charge is 2.19. The van der Waals surface area contributed by atoms with E-state index in [0.717, 1.165) is 83.5 Å². The Hall–Kier alpha value is -3.67. The van der Waals surface area contributed by atoms with Crippen molar-refractivity contribution in [2.75, 3.05) is 13.2 Å². The van der Waals surface area contributed by atoms with E-state index < -0.39 is 6.10 Å². The molecule has 0 aliphatic carbocycles. The number of allylic oxidation sites excluding steroid dienone is 16. The molecule has 0 heterocycles. The monoisotopic (exact) mass is 875 g/mol. The molecule has 0 amide bonds. The molecule has 0 rings (SSSR count). The molecular formula is C57H94O6. The largest absolute Gasteiger partial charge is 0.462 e. The van der Waals surface area contributed by atoms with Crippen molar-refractivity contribution < 1.29 is 28.6 Å². The predicted molar refractivity (Wildman–Crippen MR) is 270 cm³/mol. The van der Waals surface area contributed by atoms with Crippen molar-refractivity contribution in [2.24, 2.45) is 0 Å². The van der Waals surface area contributed by atoms with Gasteiger partial charge >= 0.3 is 17.9 Å². The molecule has 63 heavy (non-hydrogen) atoms. The minimum absolute atomic E-state index is 0.121. The fourth-order valence-corrected chi connectivity index (χ4v) is 6.79. The lowest BCUT2D eigenvalue weighted by Gasteiger charge is -2.18. The van der Waals surface area contributed by atoms with Gasteiger partial charge in [0.05, 0.1) is 0 Å². The molecule has 0 radical (unpaired) electrons. The molecule has 0 N–H and O–H groups in total. The summed E-state index contributed by atoms with van der Waals surface area (Å²) in [5, 5.41) is 0. The number of carbonyl (C=O) groups is 3. The van der Waals surface area contributed by atoms with E-state index in [1.165, 1.54) is 89.9 Å². The van der Waals surface area contributed by atoms with Crippen LogP contribution in [0.1, 0.15) is 226 Å². The molecule has 0 aromatic rings. The molecule has 6 nitrogen and oxygen atoms in total. The molecule has 358 valence electrons. The Morgan fingerprint density at radius 2 is 0.619 bits per heavy atom. The molecule has 0 aliphatic heterocycles. The zero-order valence-corrected chi connectivity index (χ0v) is 40.8. The van der Waals surface area contributed by atoms with Gasteiger partial charge in [0.15, 0.2) is 6.10 Å². The second-order valence-corrected chi connectivity index (χ2v) is 16.7. The standard InChI is InChI=1S/C57H94O6/c1-4-7-10-13-16-19-22-24-26-28-30-32-35-38-41-44-47-50-56(59)62-53-54(52-61-55(58)49-46-43-40-37-34-21-18-15-12-9-6-3)63-57(60)51-48-45-42-39-36-33-31-29-27-25-23-20-17-14-11-8-5-2/h7,9-10,12,16,18-19,21,24,26,30,32,37-38,40-41,54H,4-6,8,11,13-15,17,20,22-23,25,27-29,31,33-36,39,42-53H2,1-3H3/b10-7-,12-9-,19-16-,21-18-,26-24-,32-30-,40-37-,41-38-. The summed E-state index contributed by atoms with van der Waals surface area (Å²) < 4.78 is 16.7. The molecule has 0 saturated heterocycles. The lowest BCUT2D eigenvalue weighted by atomic mass is 10.0. The van der Waals surface area contributed by atoms with Gasteiger partial charge in [-0.2, -0.15) is 0 Å². The molecular weight excluding hydrogens is 781 g/mol. The van der Waals surface area contributed by atoms with Crippen LogP contribution < -0.4 is 0 Å². The Kier molecular flexibility index (Phi) is 48.0. The van der Waals surface area contributed by atoms with Gasteiger partial charge in [-0.3, -0.25) is 14.4 Å². The number of rotatable bonds is 45. The third-order valence-electron chi connectivity index (χ3n) is 10.6. The Bertz CT molecular complexity index is 1280. The maximum Gasteiger partial charge on any atom is 0.306 e. The van der Waals surface area contributed by atoms with Gasteiger partial charge in [0.2, 0.25) is 0 Å². The number of ether oxygens (including phenoxy) is 3. The average Bonchev–Trinajstić information content (AvgIpc) is 3.28. The van der Waals surface area contributed by atoms with E-state index >= 15 is 0 Å². The predicted octanol–water partition coefficient (Wildman–Crippen LogP) is 17.0. The van der Waals surface area contributed by atoms with Gasteiger partial charge in [-0.05, 0) is 83.5 Å². The maximum atomic E-state index is 12.8. The lowest BCUT2D eigenvalue weighted by molar-refractivity contribution is -0.167. The zero-order chi connectivity index (χ0) is 45.8. The Morgan fingerprint density at radius 1 is 0.333 bits per heavy atom. The molecule has 0 fully saturated rings. The first kappa shape index (κ1) is 59.3.